The van der Waals surface area contributed by atoms with Gasteiger partial charge in [-0.25, -0.2) is 0 Å². The van der Waals surface area contributed by atoms with Gasteiger partial charge in [0.05, 0.1) is 15.9 Å². The number of nitrogens with one attached hydrogen (secondary N) is 1. The van der Waals surface area contributed by atoms with Gasteiger partial charge in [-0.1, -0.05) is 0 Å². The van der Waals surface area contributed by atoms with E-state index in [0.717, 1.165) is 36.3 Å². The molecule has 1 atom stereocenters. The largest absolute Gasteiger partial charge is 0.312 e. The molecule has 4 nitrogen and oxygen atoms in total. The third-order valence-corrected chi connectivity index (χ3v) is 4.12. The van der Waals surface area contributed by atoms with Crippen LogP contribution in [0.25, 0.3) is 0 Å². The van der Waals surface area contributed by atoms with E-state index >= 15 is 0 Å². The second kappa shape index (κ2) is 4.85. The number of nitrogens with zero attached hydrogens (tertiary/aromatic N) is 3. The smallest absolute Gasteiger partial charge is 0.0739 e. The molecule has 0 spiro atoms. The Hall–Kier alpha value is -0.390. The van der Waals surface area contributed by atoms with Gasteiger partial charge < -0.3 is 5.32 Å². The van der Waals surface area contributed by atoms with Crippen LogP contribution in [0.1, 0.15) is 18.3 Å². The Bertz CT molecular complexity index is 374. The van der Waals surface area contributed by atoms with Crippen LogP contribution in [0.5, 0.6) is 0 Å². The molecule has 16 heavy (non-hydrogen) atoms. The van der Waals surface area contributed by atoms with Crippen LogP contribution in [0.4, 0.5) is 0 Å². The van der Waals surface area contributed by atoms with E-state index in [1.165, 1.54) is 5.69 Å². The summed E-state index contributed by atoms with van der Waals surface area (Å²) in [7, 11) is 2.01. The third-order valence-electron chi connectivity index (χ3n) is 3.09. The fourth-order valence-corrected chi connectivity index (χ4v) is 2.68. The molecule has 0 amide bonds. The summed E-state index contributed by atoms with van der Waals surface area (Å²) in [4.78, 5) is 2.47. The Kier molecular flexibility index (Phi) is 3.66. The number of aromatic nitrogens is 2. The molecule has 0 saturated carbocycles. The molecule has 1 unspecified atom stereocenters. The van der Waals surface area contributed by atoms with Crippen molar-refractivity contribution in [1.82, 2.24) is 20.0 Å². The molecule has 1 aromatic rings. The summed E-state index contributed by atoms with van der Waals surface area (Å²) in [5, 5.41) is 7.88. The molecular weight excluding hydrogens is 268 g/mol. The zero-order chi connectivity index (χ0) is 11.7. The molecule has 5 heteroatoms. The first-order valence-corrected chi connectivity index (χ1v) is 6.51. The van der Waals surface area contributed by atoms with Crippen molar-refractivity contribution in [2.24, 2.45) is 7.05 Å². The fraction of sp³-hybridized carbons (Fsp3) is 0.727. The van der Waals surface area contributed by atoms with Crippen molar-refractivity contribution in [2.75, 3.05) is 19.6 Å². The summed E-state index contributed by atoms with van der Waals surface area (Å²) in [6.45, 7) is 8.54. The van der Waals surface area contributed by atoms with Crippen LogP contribution in [0.3, 0.4) is 0 Å². The van der Waals surface area contributed by atoms with E-state index in [4.69, 9.17) is 0 Å². The molecule has 1 fully saturated rings. The maximum Gasteiger partial charge on any atom is 0.0739 e. The molecule has 2 rings (SSSR count). The van der Waals surface area contributed by atoms with Gasteiger partial charge in [0.25, 0.3) is 0 Å². The zero-order valence-electron chi connectivity index (χ0n) is 10.1. The molecule has 0 aliphatic carbocycles. The van der Waals surface area contributed by atoms with E-state index in [2.05, 4.69) is 38.2 Å². The van der Waals surface area contributed by atoms with Crippen LogP contribution in [-0.4, -0.2) is 40.4 Å². The number of aryl methyl sites for hydroxylation is 2. The molecule has 0 aromatic carbocycles. The van der Waals surface area contributed by atoms with Crippen LogP contribution in [-0.2, 0) is 13.6 Å². The monoisotopic (exact) mass is 286 g/mol. The number of hydrogen-bond donors (Lipinski definition) is 1. The minimum Gasteiger partial charge on any atom is -0.312 e. The van der Waals surface area contributed by atoms with E-state index < -0.39 is 0 Å². The first-order valence-electron chi connectivity index (χ1n) is 5.71. The summed E-state index contributed by atoms with van der Waals surface area (Å²) in [6, 6.07) is 0.585. The maximum atomic E-state index is 4.42. The van der Waals surface area contributed by atoms with Crippen molar-refractivity contribution in [2.45, 2.75) is 26.4 Å². The highest BCUT2D eigenvalue weighted by Crippen LogP contribution is 2.21. The number of rotatable bonds is 2. The Labute approximate surface area is 105 Å². The van der Waals surface area contributed by atoms with Crippen molar-refractivity contribution < 1.29 is 0 Å². The van der Waals surface area contributed by atoms with Gasteiger partial charge in [-0.05, 0) is 29.8 Å². The average molecular weight is 287 g/mol. The van der Waals surface area contributed by atoms with E-state index in [1.54, 1.807) is 0 Å². The topological polar surface area (TPSA) is 33.1 Å². The van der Waals surface area contributed by atoms with Gasteiger partial charge in [-0.15, -0.1) is 0 Å². The highest BCUT2D eigenvalue weighted by Gasteiger charge is 2.19. The van der Waals surface area contributed by atoms with E-state index in [-0.39, 0.29) is 0 Å². The lowest BCUT2D eigenvalue weighted by Gasteiger charge is -2.31. The van der Waals surface area contributed by atoms with Gasteiger partial charge in [0.15, 0.2) is 0 Å². The predicted octanol–water partition coefficient (Wildman–Crippen LogP) is 1.28. The predicted molar refractivity (Wildman–Crippen MR) is 68.4 cm³/mol. The Morgan fingerprint density at radius 3 is 2.88 bits per heavy atom. The van der Waals surface area contributed by atoms with E-state index in [1.807, 2.05) is 18.7 Å². The first kappa shape index (κ1) is 12.1. The van der Waals surface area contributed by atoms with Gasteiger partial charge in [0, 0.05) is 39.3 Å². The van der Waals surface area contributed by atoms with E-state index in [0.29, 0.717) is 6.04 Å². The molecule has 1 aliphatic rings. The van der Waals surface area contributed by atoms with Crippen LogP contribution in [0.15, 0.2) is 4.47 Å². The summed E-state index contributed by atoms with van der Waals surface area (Å²) in [6.07, 6.45) is 0. The van der Waals surface area contributed by atoms with Gasteiger partial charge >= 0.3 is 0 Å². The SMILES string of the molecule is Cc1nn(C)c(CN2CCNC(C)C2)c1Br. The average Bonchev–Trinajstić information content (AvgIpc) is 2.45. The van der Waals surface area contributed by atoms with Gasteiger partial charge in [-0.2, -0.15) is 5.10 Å². The van der Waals surface area contributed by atoms with Gasteiger partial charge in [0.2, 0.25) is 0 Å². The lowest BCUT2D eigenvalue weighted by molar-refractivity contribution is 0.195. The highest BCUT2D eigenvalue weighted by atomic mass is 79.9. The second-order valence-electron chi connectivity index (χ2n) is 4.56. The van der Waals surface area contributed by atoms with Gasteiger partial charge in [0.1, 0.15) is 0 Å². The fourth-order valence-electron chi connectivity index (χ4n) is 2.22. The Morgan fingerprint density at radius 2 is 2.31 bits per heavy atom. The zero-order valence-corrected chi connectivity index (χ0v) is 11.7. The van der Waals surface area contributed by atoms with Crippen LogP contribution < -0.4 is 5.32 Å². The molecule has 1 aromatic heterocycles. The normalized spacial score (nSPS) is 22.6. The number of halogens is 1. The van der Waals surface area contributed by atoms with Crippen molar-refractivity contribution in [3.63, 3.8) is 0 Å². The van der Waals surface area contributed by atoms with Crippen molar-refractivity contribution in [1.29, 1.82) is 0 Å². The summed E-state index contributed by atoms with van der Waals surface area (Å²) in [5.74, 6) is 0. The van der Waals surface area contributed by atoms with Crippen LogP contribution >= 0.6 is 15.9 Å². The second-order valence-corrected chi connectivity index (χ2v) is 5.35. The minimum atomic E-state index is 0.585. The third kappa shape index (κ3) is 2.47. The summed E-state index contributed by atoms with van der Waals surface area (Å²) < 4.78 is 3.13. The molecule has 0 bridgehead atoms. The number of hydrogen-bond acceptors (Lipinski definition) is 3. The first-order chi connectivity index (χ1) is 7.58. The Balaban J connectivity index is 2.08. The maximum absolute atomic E-state index is 4.42. The van der Waals surface area contributed by atoms with Gasteiger partial charge in [-0.3, -0.25) is 9.58 Å². The lowest BCUT2D eigenvalue weighted by Crippen LogP contribution is -2.48. The highest BCUT2D eigenvalue weighted by molar-refractivity contribution is 9.10. The molecule has 1 saturated heterocycles. The molecule has 1 aliphatic heterocycles. The molecule has 1 N–H and O–H groups in total. The number of piperazine rings is 1. The summed E-state index contributed by atoms with van der Waals surface area (Å²) in [5.41, 5.74) is 2.34. The van der Waals surface area contributed by atoms with Crippen molar-refractivity contribution in [3.8, 4) is 0 Å². The summed E-state index contributed by atoms with van der Waals surface area (Å²) >= 11 is 3.62. The van der Waals surface area contributed by atoms with Crippen LogP contribution in [0.2, 0.25) is 0 Å². The van der Waals surface area contributed by atoms with Crippen molar-refractivity contribution >= 4 is 15.9 Å². The standard InChI is InChI=1S/C11H19BrN4/c1-8-6-16(5-4-13-8)7-10-11(12)9(2)14-15(10)3/h8,13H,4-7H2,1-3H3. The molecule has 0 radical (unpaired) electrons. The molecular formula is C11H19BrN4. The van der Waals surface area contributed by atoms with Crippen LogP contribution in [0, 0.1) is 6.92 Å². The lowest BCUT2D eigenvalue weighted by atomic mass is 10.2. The van der Waals surface area contributed by atoms with E-state index in [9.17, 15) is 0 Å². The van der Waals surface area contributed by atoms with Crippen molar-refractivity contribution in [3.05, 3.63) is 15.9 Å². The quantitative estimate of drug-likeness (QED) is 0.889. The molecule has 90 valence electrons. The minimum absolute atomic E-state index is 0.585. The Morgan fingerprint density at radius 1 is 1.56 bits per heavy atom. The molecule has 2 heterocycles.